The van der Waals surface area contributed by atoms with Gasteiger partial charge in [-0.15, -0.1) is 0 Å². The summed E-state index contributed by atoms with van der Waals surface area (Å²) >= 11 is 0. The summed E-state index contributed by atoms with van der Waals surface area (Å²) in [5.41, 5.74) is 4.26. The molecule has 0 spiro atoms. The molecule has 1 aromatic heterocycles. The highest BCUT2D eigenvalue weighted by molar-refractivity contribution is 6.01. The molecule has 0 unspecified atom stereocenters. The fourth-order valence-corrected chi connectivity index (χ4v) is 5.59. The molecule has 4 nitrogen and oxygen atoms in total. The number of hydrogen-bond donors (Lipinski definition) is 0. The molecule has 2 heterocycles. The van der Waals surface area contributed by atoms with E-state index in [1.807, 2.05) is 71.8 Å². The molecule has 1 aliphatic heterocycles. The van der Waals surface area contributed by atoms with Crippen molar-refractivity contribution in [1.29, 1.82) is 0 Å². The van der Waals surface area contributed by atoms with Gasteiger partial charge in [-0.05, 0) is 79.8 Å². The van der Waals surface area contributed by atoms with Crippen LogP contribution in [0.5, 0.6) is 0 Å². The lowest BCUT2D eigenvalue weighted by molar-refractivity contribution is -0.118. The fourth-order valence-electron chi connectivity index (χ4n) is 5.59. The Kier molecular flexibility index (Phi) is 6.04. The third kappa shape index (κ3) is 4.46. The number of hydrogen-bond acceptors (Lipinski definition) is 3. The zero-order valence-corrected chi connectivity index (χ0v) is 18.7. The number of para-hydroxylation sites is 2. The number of amides is 1. The summed E-state index contributed by atoms with van der Waals surface area (Å²) in [4.78, 5) is 22.4. The fraction of sp³-hybridized carbons (Fsp3) is 0.357. The number of carbonyl (C=O) groups excluding carboxylic acids is 1. The topological polar surface area (TPSA) is 36.4 Å². The molecule has 5 rings (SSSR count). The van der Waals surface area contributed by atoms with Crippen molar-refractivity contribution in [2.75, 3.05) is 24.5 Å². The number of rotatable bonds is 6. The van der Waals surface area contributed by atoms with Gasteiger partial charge in [-0.2, -0.15) is 0 Å². The molecular formula is C28H31N3O. The van der Waals surface area contributed by atoms with E-state index in [1.54, 1.807) is 0 Å². The first-order chi connectivity index (χ1) is 15.7. The van der Waals surface area contributed by atoms with Crippen molar-refractivity contribution in [3.05, 3.63) is 90.3 Å². The van der Waals surface area contributed by atoms with Crippen LogP contribution in [0.15, 0.2) is 79.0 Å². The van der Waals surface area contributed by atoms with Crippen molar-refractivity contribution in [1.82, 2.24) is 9.88 Å². The first-order valence-corrected chi connectivity index (χ1v) is 11.7. The maximum absolute atomic E-state index is 13.5. The summed E-state index contributed by atoms with van der Waals surface area (Å²) in [6.45, 7) is 4.60. The van der Waals surface area contributed by atoms with Crippen LogP contribution in [0.25, 0.3) is 0 Å². The average Bonchev–Trinajstić information content (AvgIpc) is 3.38. The maximum atomic E-state index is 13.5. The second-order valence-electron chi connectivity index (χ2n) is 9.39. The molecular weight excluding hydrogens is 394 g/mol. The van der Waals surface area contributed by atoms with Crippen LogP contribution in [-0.2, 0) is 11.2 Å². The highest BCUT2D eigenvalue weighted by atomic mass is 16.2. The van der Waals surface area contributed by atoms with Gasteiger partial charge in [0, 0.05) is 36.4 Å². The van der Waals surface area contributed by atoms with Crippen LogP contribution in [-0.4, -0.2) is 35.4 Å². The van der Waals surface area contributed by atoms with E-state index in [9.17, 15) is 4.79 Å². The van der Waals surface area contributed by atoms with Gasteiger partial charge < -0.3 is 0 Å². The molecule has 2 fully saturated rings. The van der Waals surface area contributed by atoms with E-state index in [0.717, 1.165) is 30.9 Å². The second kappa shape index (κ2) is 9.25. The van der Waals surface area contributed by atoms with Gasteiger partial charge in [0.1, 0.15) is 0 Å². The van der Waals surface area contributed by atoms with Gasteiger partial charge in [-0.25, -0.2) is 0 Å². The summed E-state index contributed by atoms with van der Waals surface area (Å²) in [6.07, 6.45) is 5.59. The molecule has 3 atom stereocenters. The van der Waals surface area contributed by atoms with Crippen LogP contribution in [0.2, 0.25) is 0 Å². The minimum atomic E-state index is 0.138. The van der Waals surface area contributed by atoms with Gasteiger partial charge in [0.2, 0.25) is 5.91 Å². The zero-order valence-electron chi connectivity index (χ0n) is 18.7. The second-order valence-corrected chi connectivity index (χ2v) is 9.39. The van der Waals surface area contributed by atoms with Crippen molar-refractivity contribution in [3.8, 4) is 0 Å². The largest absolute Gasteiger partial charge is 0.294 e. The Bertz CT molecular complexity index is 996. The molecule has 164 valence electrons. The molecule has 1 saturated heterocycles. The van der Waals surface area contributed by atoms with Gasteiger partial charge in [-0.1, -0.05) is 42.5 Å². The smallest absolute Gasteiger partial charge is 0.245 e. The van der Waals surface area contributed by atoms with E-state index in [0.29, 0.717) is 24.3 Å². The molecule has 0 N–H and O–H groups in total. The number of fused-ring (bicyclic) bond motifs is 1. The van der Waals surface area contributed by atoms with E-state index >= 15 is 0 Å². The van der Waals surface area contributed by atoms with Crippen molar-refractivity contribution in [2.24, 2.45) is 17.8 Å². The minimum Gasteiger partial charge on any atom is -0.294 e. The van der Waals surface area contributed by atoms with E-state index in [2.05, 4.69) is 28.9 Å². The number of nitrogens with zero attached hydrogens (tertiary/aromatic N) is 3. The number of benzene rings is 2. The van der Waals surface area contributed by atoms with Gasteiger partial charge in [0.25, 0.3) is 0 Å². The highest BCUT2D eigenvalue weighted by Crippen LogP contribution is 2.43. The summed E-state index contributed by atoms with van der Waals surface area (Å²) < 4.78 is 0. The van der Waals surface area contributed by atoms with Crippen LogP contribution in [0.1, 0.15) is 24.1 Å². The van der Waals surface area contributed by atoms with Gasteiger partial charge in [0.05, 0.1) is 6.54 Å². The number of anilines is 2. The number of aryl methyl sites for hydroxylation is 1. The summed E-state index contributed by atoms with van der Waals surface area (Å²) in [5, 5.41) is 0. The Morgan fingerprint density at radius 3 is 2.25 bits per heavy atom. The Morgan fingerprint density at radius 1 is 0.938 bits per heavy atom. The Morgan fingerprint density at radius 2 is 1.62 bits per heavy atom. The van der Waals surface area contributed by atoms with E-state index in [-0.39, 0.29) is 5.91 Å². The average molecular weight is 426 g/mol. The molecule has 1 saturated carbocycles. The predicted octanol–water partition coefficient (Wildman–Crippen LogP) is 5.26. The highest BCUT2D eigenvalue weighted by Gasteiger charge is 2.43. The standard InChI is InChI=1S/C28H31N3O/c1-21-12-15-24(29-17-21)16-22-13-14-23-18-30(19-27(22)23)20-28(32)31(25-8-4-2-5-9-25)26-10-6-3-7-11-26/h2-12,15,17,22-23,27H,13-14,16,18-20H2,1H3/t22-,23-,27-/m1/s1. The lowest BCUT2D eigenvalue weighted by Crippen LogP contribution is -2.37. The first-order valence-electron chi connectivity index (χ1n) is 11.7. The first kappa shape index (κ1) is 20.9. The van der Waals surface area contributed by atoms with Crippen LogP contribution in [0.3, 0.4) is 0 Å². The van der Waals surface area contributed by atoms with Gasteiger partial charge in [-0.3, -0.25) is 19.6 Å². The molecule has 32 heavy (non-hydrogen) atoms. The molecule has 0 radical (unpaired) electrons. The maximum Gasteiger partial charge on any atom is 0.245 e. The SMILES string of the molecule is Cc1ccc(C[C@H]2CC[C@@H]3CN(CC(=O)N(c4ccccc4)c4ccccc4)C[C@H]23)nc1. The number of carbonyl (C=O) groups is 1. The normalized spacial score (nSPS) is 22.6. The summed E-state index contributed by atoms with van der Waals surface area (Å²) in [5.74, 6) is 2.20. The summed E-state index contributed by atoms with van der Waals surface area (Å²) in [7, 11) is 0. The number of aromatic nitrogens is 1. The lowest BCUT2D eigenvalue weighted by atomic mass is 9.89. The van der Waals surface area contributed by atoms with Crippen LogP contribution in [0, 0.1) is 24.7 Å². The van der Waals surface area contributed by atoms with E-state index in [4.69, 9.17) is 0 Å². The Labute approximate surface area is 190 Å². The van der Waals surface area contributed by atoms with Crippen molar-refractivity contribution >= 4 is 17.3 Å². The molecule has 2 aromatic carbocycles. The monoisotopic (exact) mass is 425 g/mol. The van der Waals surface area contributed by atoms with Crippen LogP contribution in [0.4, 0.5) is 11.4 Å². The molecule has 1 amide bonds. The van der Waals surface area contributed by atoms with Crippen molar-refractivity contribution in [2.45, 2.75) is 26.2 Å². The van der Waals surface area contributed by atoms with E-state index < -0.39 is 0 Å². The van der Waals surface area contributed by atoms with Crippen molar-refractivity contribution in [3.63, 3.8) is 0 Å². The molecule has 3 aromatic rings. The summed E-state index contributed by atoms with van der Waals surface area (Å²) in [6, 6.07) is 24.3. The quantitative estimate of drug-likeness (QED) is 0.541. The number of pyridine rings is 1. The molecule has 2 aliphatic rings. The molecule has 4 heteroatoms. The minimum absolute atomic E-state index is 0.138. The van der Waals surface area contributed by atoms with Crippen LogP contribution < -0.4 is 4.90 Å². The van der Waals surface area contributed by atoms with Gasteiger partial charge in [0.15, 0.2) is 0 Å². The lowest BCUT2D eigenvalue weighted by Gasteiger charge is -2.26. The molecule has 1 aliphatic carbocycles. The zero-order chi connectivity index (χ0) is 21.9. The third-order valence-electron chi connectivity index (χ3n) is 7.16. The third-order valence-corrected chi connectivity index (χ3v) is 7.16. The predicted molar refractivity (Wildman–Crippen MR) is 129 cm³/mol. The van der Waals surface area contributed by atoms with Gasteiger partial charge >= 0.3 is 0 Å². The van der Waals surface area contributed by atoms with E-state index in [1.165, 1.54) is 24.1 Å². The van der Waals surface area contributed by atoms with Crippen molar-refractivity contribution < 1.29 is 4.79 Å². The molecule has 0 bridgehead atoms. The Hall–Kier alpha value is -2.98. The van der Waals surface area contributed by atoms with Crippen LogP contribution >= 0.6 is 0 Å². The number of likely N-dealkylation sites (tertiary alicyclic amines) is 1. The Balaban J connectivity index is 1.27.